The summed E-state index contributed by atoms with van der Waals surface area (Å²) in [7, 11) is 0. The van der Waals surface area contributed by atoms with Gasteiger partial charge in [-0.1, -0.05) is 36.4 Å². The second-order valence-electron chi connectivity index (χ2n) is 4.32. The Bertz CT molecular complexity index is 677. The highest BCUT2D eigenvalue weighted by Gasteiger charge is 2.03. The van der Waals surface area contributed by atoms with Gasteiger partial charge in [0.15, 0.2) is 0 Å². The molecule has 0 fully saturated rings. The second kappa shape index (κ2) is 4.91. The summed E-state index contributed by atoms with van der Waals surface area (Å²) in [6, 6.07) is 18.9. The summed E-state index contributed by atoms with van der Waals surface area (Å²) in [5, 5.41) is 1.18. The van der Waals surface area contributed by atoms with E-state index in [1.807, 2.05) is 18.3 Å². The third kappa shape index (κ3) is 2.29. The summed E-state index contributed by atoms with van der Waals surface area (Å²) >= 11 is 3.60. The van der Waals surface area contributed by atoms with E-state index in [1.165, 1.54) is 16.5 Å². The molecule has 0 aliphatic carbocycles. The van der Waals surface area contributed by atoms with Crippen molar-refractivity contribution in [2.24, 2.45) is 0 Å². The molecule has 0 amide bonds. The number of hydrogen-bond donors (Lipinski definition) is 0. The van der Waals surface area contributed by atoms with Crippen LogP contribution in [0.5, 0.6) is 0 Å². The molecule has 0 saturated carbocycles. The summed E-state index contributed by atoms with van der Waals surface area (Å²) in [5.74, 6) is 0. The molecule has 0 saturated heterocycles. The van der Waals surface area contributed by atoms with Crippen LogP contribution in [0.3, 0.4) is 0 Å². The van der Waals surface area contributed by atoms with Gasteiger partial charge < -0.3 is 0 Å². The Morgan fingerprint density at radius 2 is 1.72 bits per heavy atom. The van der Waals surface area contributed by atoms with Gasteiger partial charge in [0.05, 0.1) is 5.52 Å². The lowest BCUT2D eigenvalue weighted by Crippen LogP contribution is -1.89. The van der Waals surface area contributed by atoms with E-state index in [1.54, 1.807) is 0 Å². The molecule has 0 radical (unpaired) electrons. The standard InChI is InChI=1S/C16H12BrN/c17-15-11-13(9-12-5-2-1-3-6-12)10-14-7-4-8-18-16(14)15/h1-8,10-11H,9H2. The minimum atomic E-state index is 0.949. The highest BCUT2D eigenvalue weighted by Crippen LogP contribution is 2.25. The van der Waals surface area contributed by atoms with Gasteiger partial charge >= 0.3 is 0 Å². The van der Waals surface area contributed by atoms with Gasteiger partial charge in [-0.25, -0.2) is 0 Å². The van der Waals surface area contributed by atoms with Crippen molar-refractivity contribution in [3.05, 3.63) is 76.4 Å². The molecular formula is C16H12BrN. The van der Waals surface area contributed by atoms with Crippen LogP contribution in [0, 0.1) is 0 Å². The molecule has 0 atom stereocenters. The van der Waals surface area contributed by atoms with E-state index in [0.717, 1.165) is 16.4 Å². The Balaban J connectivity index is 2.03. The molecule has 18 heavy (non-hydrogen) atoms. The first-order valence-electron chi connectivity index (χ1n) is 5.90. The number of aromatic nitrogens is 1. The molecule has 2 heteroatoms. The zero-order valence-electron chi connectivity index (χ0n) is 9.81. The van der Waals surface area contributed by atoms with Crippen molar-refractivity contribution in [2.75, 3.05) is 0 Å². The van der Waals surface area contributed by atoms with Gasteiger partial charge in [0.25, 0.3) is 0 Å². The fourth-order valence-corrected chi connectivity index (χ4v) is 2.77. The van der Waals surface area contributed by atoms with Gasteiger partial charge in [-0.15, -0.1) is 0 Å². The first kappa shape index (κ1) is 11.4. The fourth-order valence-electron chi connectivity index (χ4n) is 2.14. The smallest absolute Gasteiger partial charge is 0.0844 e. The van der Waals surface area contributed by atoms with Crippen molar-refractivity contribution in [3.8, 4) is 0 Å². The lowest BCUT2D eigenvalue weighted by molar-refractivity contribution is 1.19. The van der Waals surface area contributed by atoms with Crippen molar-refractivity contribution in [3.63, 3.8) is 0 Å². The Morgan fingerprint density at radius 3 is 2.56 bits per heavy atom. The lowest BCUT2D eigenvalue weighted by atomic mass is 10.0. The molecule has 3 aromatic rings. The van der Waals surface area contributed by atoms with Crippen LogP contribution in [0.1, 0.15) is 11.1 Å². The van der Waals surface area contributed by atoms with Crippen LogP contribution in [-0.4, -0.2) is 4.98 Å². The van der Waals surface area contributed by atoms with Crippen LogP contribution >= 0.6 is 15.9 Å². The van der Waals surface area contributed by atoms with E-state index >= 15 is 0 Å². The maximum absolute atomic E-state index is 4.38. The van der Waals surface area contributed by atoms with Crippen LogP contribution in [0.4, 0.5) is 0 Å². The molecule has 88 valence electrons. The molecule has 1 nitrogen and oxygen atoms in total. The Kier molecular flexibility index (Phi) is 3.11. The van der Waals surface area contributed by atoms with Gasteiger partial charge in [-0.3, -0.25) is 4.98 Å². The van der Waals surface area contributed by atoms with Gasteiger partial charge in [0.2, 0.25) is 0 Å². The number of benzene rings is 2. The van der Waals surface area contributed by atoms with E-state index in [0.29, 0.717) is 0 Å². The van der Waals surface area contributed by atoms with E-state index in [2.05, 4.69) is 63.4 Å². The Labute approximate surface area is 115 Å². The van der Waals surface area contributed by atoms with E-state index in [9.17, 15) is 0 Å². The molecule has 0 aliphatic heterocycles. The number of hydrogen-bond acceptors (Lipinski definition) is 1. The average Bonchev–Trinajstić information content (AvgIpc) is 2.40. The number of halogens is 1. The minimum absolute atomic E-state index is 0.949. The van der Waals surface area contributed by atoms with E-state index in [-0.39, 0.29) is 0 Å². The minimum Gasteiger partial charge on any atom is -0.255 e. The van der Waals surface area contributed by atoms with Crippen LogP contribution < -0.4 is 0 Å². The first-order valence-corrected chi connectivity index (χ1v) is 6.69. The summed E-state index contributed by atoms with van der Waals surface area (Å²) in [6.45, 7) is 0. The number of fused-ring (bicyclic) bond motifs is 1. The molecule has 0 aliphatic rings. The Morgan fingerprint density at radius 1 is 0.889 bits per heavy atom. The third-order valence-electron chi connectivity index (χ3n) is 2.97. The monoisotopic (exact) mass is 297 g/mol. The quantitative estimate of drug-likeness (QED) is 0.674. The maximum Gasteiger partial charge on any atom is 0.0844 e. The van der Waals surface area contributed by atoms with Gasteiger partial charge in [-0.05, 0) is 51.7 Å². The van der Waals surface area contributed by atoms with Gasteiger partial charge in [0.1, 0.15) is 0 Å². The predicted molar refractivity (Wildman–Crippen MR) is 78.7 cm³/mol. The molecule has 3 rings (SSSR count). The SMILES string of the molecule is Brc1cc(Cc2ccccc2)cc2cccnc12. The molecular weight excluding hydrogens is 286 g/mol. The Hall–Kier alpha value is -1.67. The van der Waals surface area contributed by atoms with Crippen LogP contribution in [0.25, 0.3) is 10.9 Å². The van der Waals surface area contributed by atoms with Gasteiger partial charge in [0, 0.05) is 16.1 Å². The fraction of sp³-hybridized carbons (Fsp3) is 0.0625. The normalized spacial score (nSPS) is 10.7. The zero-order chi connectivity index (χ0) is 12.4. The van der Waals surface area contributed by atoms with Crippen molar-refractivity contribution in [1.82, 2.24) is 4.98 Å². The van der Waals surface area contributed by atoms with Crippen LogP contribution in [-0.2, 0) is 6.42 Å². The summed E-state index contributed by atoms with van der Waals surface area (Å²) in [6.07, 6.45) is 2.77. The predicted octanol–water partition coefficient (Wildman–Crippen LogP) is 4.59. The van der Waals surface area contributed by atoms with E-state index in [4.69, 9.17) is 0 Å². The topological polar surface area (TPSA) is 12.9 Å². The van der Waals surface area contributed by atoms with E-state index < -0.39 is 0 Å². The molecule has 0 spiro atoms. The summed E-state index contributed by atoms with van der Waals surface area (Å²) < 4.78 is 1.06. The highest BCUT2D eigenvalue weighted by molar-refractivity contribution is 9.10. The number of pyridine rings is 1. The molecule has 1 aromatic heterocycles. The largest absolute Gasteiger partial charge is 0.255 e. The van der Waals surface area contributed by atoms with Crippen molar-refractivity contribution < 1.29 is 0 Å². The summed E-state index contributed by atoms with van der Waals surface area (Å²) in [4.78, 5) is 4.38. The summed E-state index contributed by atoms with van der Waals surface area (Å²) in [5.41, 5.74) is 3.65. The van der Waals surface area contributed by atoms with Gasteiger partial charge in [-0.2, -0.15) is 0 Å². The molecule has 0 unspecified atom stereocenters. The zero-order valence-corrected chi connectivity index (χ0v) is 11.4. The molecule has 0 N–H and O–H groups in total. The third-order valence-corrected chi connectivity index (χ3v) is 3.57. The number of nitrogens with zero attached hydrogens (tertiary/aromatic N) is 1. The first-order chi connectivity index (χ1) is 8.83. The van der Waals surface area contributed by atoms with Crippen molar-refractivity contribution in [2.45, 2.75) is 6.42 Å². The highest BCUT2D eigenvalue weighted by atomic mass is 79.9. The second-order valence-corrected chi connectivity index (χ2v) is 5.17. The molecule has 1 heterocycles. The van der Waals surface area contributed by atoms with Crippen molar-refractivity contribution in [1.29, 1.82) is 0 Å². The van der Waals surface area contributed by atoms with Crippen molar-refractivity contribution >= 4 is 26.8 Å². The molecule has 0 bridgehead atoms. The lowest BCUT2D eigenvalue weighted by Gasteiger charge is -2.06. The molecule has 2 aromatic carbocycles. The van der Waals surface area contributed by atoms with Crippen LogP contribution in [0.2, 0.25) is 0 Å². The average molecular weight is 298 g/mol. The van der Waals surface area contributed by atoms with Crippen LogP contribution in [0.15, 0.2) is 65.3 Å². The maximum atomic E-state index is 4.38. The number of rotatable bonds is 2.